The van der Waals surface area contributed by atoms with Crippen LogP contribution in [-0.2, 0) is 33.8 Å². The van der Waals surface area contributed by atoms with E-state index in [1.54, 1.807) is 12.3 Å². The van der Waals surface area contributed by atoms with Gasteiger partial charge in [-0.05, 0) is 67.6 Å². The summed E-state index contributed by atoms with van der Waals surface area (Å²) in [5.41, 5.74) is 4.82. The molecule has 3 aliphatic heterocycles. The van der Waals surface area contributed by atoms with Gasteiger partial charge >= 0.3 is 0 Å². The number of piperidine rings is 1. The zero-order valence-corrected chi connectivity index (χ0v) is 30.2. The van der Waals surface area contributed by atoms with Crippen LogP contribution in [0.2, 0.25) is 0 Å². The number of hydrogen-bond donors (Lipinski definition) is 4. The van der Waals surface area contributed by atoms with Gasteiger partial charge in [0.1, 0.15) is 17.6 Å². The number of amides is 5. The Hall–Kier alpha value is -6.03. The van der Waals surface area contributed by atoms with Crippen molar-refractivity contribution < 1.29 is 28.4 Å². The summed E-state index contributed by atoms with van der Waals surface area (Å²) in [4.78, 5) is 93.1. The van der Waals surface area contributed by atoms with Crippen molar-refractivity contribution in [3.63, 3.8) is 0 Å². The van der Waals surface area contributed by atoms with Crippen molar-refractivity contribution in [3.8, 4) is 0 Å². The molecular formula is C39H40FN9O6. The number of aryl methyl sites for hydroxylation is 1. The minimum Gasteiger partial charge on any atom is -0.380 e. The first kappa shape index (κ1) is 36.0. The molecule has 3 fully saturated rings. The van der Waals surface area contributed by atoms with Crippen LogP contribution in [0.4, 0.5) is 15.8 Å². The second-order valence-electron chi connectivity index (χ2n) is 14.6. The first-order chi connectivity index (χ1) is 26.5. The van der Waals surface area contributed by atoms with Crippen LogP contribution in [-0.4, -0.2) is 98.6 Å². The minimum atomic E-state index is -1.10. The fourth-order valence-electron chi connectivity index (χ4n) is 7.85. The largest absolute Gasteiger partial charge is 0.380 e. The second-order valence-corrected chi connectivity index (χ2v) is 14.6. The van der Waals surface area contributed by atoms with Gasteiger partial charge in [0.05, 0.1) is 35.0 Å². The number of piperazine rings is 1. The average Bonchev–Trinajstić information content (AvgIpc) is 3.15. The van der Waals surface area contributed by atoms with Crippen LogP contribution < -0.4 is 26.4 Å². The Bertz CT molecular complexity index is 2280. The molecule has 0 radical (unpaired) electrons. The molecule has 4 aromatic rings. The van der Waals surface area contributed by atoms with Gasteiger partial charge in [-0.15, -0.1) is 0 Å². The molecule has 0 unspecified atom stereocenters. The van der Waals surface area contributed by atoms with Gasteiger partial charge in [0.25, 0.3) is 17.4 Å². The number of aromatic amines is 1. The van der Waals surface area contributed by atoms with E-state index in [4.69, 9.17) is 0 Å². The molecule has 15 nitrogen and oxygen atoms in total. The quantitative estimate of drug-likeness (QED) is 0.183. The Labute approximate surface area is 314 Å². The average molecular weight is 750 g/mol. The van der Waals surface area contributed by atoms with E-state index in [2.05, 4.69) is 40.7 Å². The number of imide groups is 2. The van der Waals surface area contributed by atoms with Crippen molar-refractivity contribution in [1.29, 1.82) is 0 Å². The first-order valence-electron chi connectivity index (χ1n) is 18.6. The van der Waals surface area contributed by atoms with Gasteiger partial charge in [0.2, 0.25) is 17.7 Å². The standard InChI is InChI=1S/C39H40FN9O6/c1-2-22-14-30-31(45-36(22)52)13-21(18-41-30)20-47-9-11-48(12-10-47)25-3-6-29(42-19-25)37(53)44-24-15-23(16-24)43-35-27-17-34(51)49(32-7-8-33(50)46-38(32)54)39(55)26(27)4-5-28(35)40/h3-6,13-14,18-19,23-24,32,43H,2,7-12,15-17,20H2,1H3,(H,44,53)(H,45,52)(H,46,50,54)/t23?,24?,32-/m1/s1. The number of fused-ring (bicyclic) bond motifs is 2. The molecule has 1 atom stereocenters. The lowest BCUT2D eigenvalue weighted by atomic mass is 9.85. The van der Waals surface area contributed by atoms with Crippen LogP contribution in [0.5, 0.6) is 0 Å². The SMILES string of the molecule is CCc1cc2ncc(CN3CCN(c4ccc(C(=O)NC5CC(Nc6c(F)ccc7c6CC(=O)N([C@@H]6CCC(=O)NC6=O)C7=O)C5)nc4)CC3)cc2[nH]c1=O. The number of pyridine rings is 3. The Kier molecular flexibility index (Phi) is 9.59. The monoisotopic (exact) mass is 749 g/mol. The molecule has 0 spiro atoms. The highest BCUT2D eigenvalue weighted by atomic mass is 19.1. The zero-order valence-electron chi connectivity index (χ0n) is 30.2. The lowest BCUT2D eigenvalue weighted by Gasteiger charge is -2.39. The number of rotatable bonds is 9. The van der Waals surface area contributed by atoms with E-state index in [1.165, 1.54) is 6.07 Å². The van der Waals surface area contributed by atoms with Gasteiger partial charge in [0.15, 0.2) is 0 Å². The number of hydrogen-bond acceptors (Lipinski definition) is 11. The minimum absolute atomic E-state index is 0.00862. The molecule has 5 amide bonds. The molecule has 1 aromatic carbocycles. The number of halogens is 1. The van der Waals surface area contributed by atoms with E-state index in [0.29, 0.717) is 19.3 Å². The van der Waals surface area contributed by atoms with Crippen LogP contribution in [0.1, 0.15) is 70.1 Å². The highest BCUT2D eigenvalue weighted by molar-refractivity contribution is 6.14. The molecule has 8 rings (SSSR count). The van der Waals surface area contributed by atoms with E-state index in [9.17, 15) is 28.8 Å². The number of nitrogens with one attached hydrogen (secondary N) is 4. The van der Waals surface area contributed by atoms with Gasteiger partial charge in [-0.1, -0.05) is 6.92 Å². The molecule has 6 heterocycles. The maximum Gasteiger partial charge on any atom is 0.270 e. The Balaban J connectivity index is 0.817. The van der Waals surface area contributed by atoms with E-state index in [0.717, 1.165) is 71.5 Å². The molecule has 4 aliphatic rings. The summed E-state index contributed by atoms with van der Waals surface area (Å²) in [5.74, 6) is -3.44. The first-order valence-corrected chi connectivity index (χ1v) is 18.6. The number of carbonyl (C=O) groups is 5. The molecule has 2 saturated heterocycles. The maximum absolute atomic E-state index is 15.1. The van der Waals surface area contributed by atoms with E-state index in [1.807, 2.05) is 31.3 Å². The smallest absolute Gasteiger partial charge is 0.270 e. The fourth-order valence-corrected chi connectivity index (χ4v) is 7.85. The highest BCUT2D eigenvalue weighted by Gasteiger charge is 2.43. The summed E-state index contributed by atoms with van der Waals surface area (Å²) in [7, 11) is 0. The number of benzene rings is 1. The molecule has 1 aliphatic carbocycles. The van der Waals surface area contributed by atoms with Gasteiger partial charge in [-0.2, -0.15) is 0 Å². The van der Waals surface area contributed by atoms with Crippen LogP contribution in [0, 0.1) is 5.82 Å². The molecule has 16 heteroatoms. The van der Waals surface area contributed by atoms with Crippen LogP contribution in [0.25, 0.3) is 11.0 Å². The zero-order chi connectivity index (χ0) is 38.4. The lowest BCUT2D eigenvalue weighted by Crippen LogP contribution is -2.58. The predicted molar refractivity (Wildman–Crippen MR) is 199 cm³/mol. The molecule has 3 aromatic heterocycles. The number of aromatic nitrogens is 3. The predicted octanol–water partition coefficient (Wildman–Crippen LogP) is 2.04. The third kappa shape index (κ3) is 7.16. The van der Waals surface area contributed by atoms with Crippen LogP contribution in [0.15, 0.2) is 53.6 Å². The van der Waals surface area contributed by atoms with E-state index >= 15 is 4.39 Å². The summed E-state index contributed by atoms with van der Waals surface area (Å²) in [6.07, 6.45) is 4.98. The summed E-state index contributed by atoms with van der Waals surface area (Å²) >= 11 is 0. The Morgan fingerprint density at radius 2 is 1.76 bits per heavy atom. The highest BCUT2D eigenvalue weighted by Crippen LogP contribution is 2.34. The molecule has 4 N–H and O–H groups in total. The number of nitrogens with zero attached hydrogens (tertiary/aromatic N) is 5. The molecule has 1 saturated carbocycles. The fraction of sp³-hybridized carbons (Fsp3) is 0.385. The maximum atomic E-state index is 15.1. The third-order valence-corrected chi connectivity index (χ3v) is 11.0. The number of carbonyl (C=O) groups excluding carboxylic acids is 5. The Morgan fingerprint density at radius 1 is 0.964 bits per heavy atom. The second kappa shape index (κ2) is 14.7. The summed E-state index contributed by atoms with van der Waals surface area (Å²) < 4.78 is 15.1. The number of anilines is 2. The van der Waals surface area contributed by atoms with Crippen LogP contribution in [0.3, 0.4) is 0 Å². The molecule has 55 heavy (non-hydrogen) atoms. The Morgan fingerprint density at radius 3 is 2.49 bits per heavy atom. The van der Waals surface area contributed by atoms with Gasteiger partial charge < -0.3 is 20.5 Å². The normalized spacial score (nSPS) is 21.6. The summed E-state index contributed by atoms with van der Waals surface area (Å²) in [6, 6.07) is 8.41. The van der Waals surface area contributed by atoms with Gasteiger partial charge in [0, 0.05) is 74.1 Å². The molecular weight excluding hydrogens is 709 g/mol. The van der Waals surface area contributed by atoms with Crippen molar-refractivity contribution >= 4 is 51.9 Å². The van der Waals surface area contributed by atoms with Crippen molar-refractivity contribution in [2.75, 3.05) is 36.4 Å². The van der Waals surface area contributed by atoms with Gasteiger partial charge in [-0.25, -0.2) is 9.37 Å². The topological polar surface area (TPSA) is 190 Å². The van der Waals surface area contributed by atoms with Crippen molar-refractivity contribution in [2.24, 2.45) is 0 Å². The van der Waals surface area contributed by atoms with Crippen molar-refractivity contribution in [3.05, 3.63) is 92.9 Å². The number of H-pyrrole nitrogens is 1. The lowest BCUT2D eigenvalue weighted by molar-refractivity contribution is -0.143. The molecule has 0 bridgehead atoms. The summed E-state index contributed by atoms with van der Waals surface area (Å²) in [6.45, 7) is 5.89. The van der Waals surface area contributed by atoms with Gasteiger partial charge in [-0.3, -0.25) is 48.9 Å². The van der Waals surface area contributed by atoms with E-state index < -0.39 is 35.5 Å². The third-order valence-electron chi connectivity index (χ3n) is 11.0. The van der Waals surface area contributed by atoms with E-state index in [-0.39, 0.29) is 65.3 Å². The van der Waals surface area contributed by atoms with Crippen LogP contribution >= 0.6 is 0 Å². The summed E-state index contributed by atoms with van der Waals surface area (Å²) in [5, 5.41) is 8.28. The molecule has 284 valence electrons. The van der Waals surface area contributed by atoms with Crippen molar-refractivity contribution in [1.82, 2.24) is 35.4 Å². The van der Waals surface area contributed by atoms with Crippen molar-refractivity contribution in [2.45, 2.75) is 70.1 Å².